The fourth-order valence-corrected chi connectivity index (χ4v) is 3.32. The number of rotatable bonds is 5. The molecule has 3 rings (SSSR count). The second-order valence-corrected chi connectivity index (χ2v) is 8.37. The number of nitrogens with one attached hydrogen (secondary N) is 2. The van der Waals surface area contributed by atoms with E-state index in [0.717, 1.165) is 24.2 Å². The number of alkyl carbamates (subject to hydrolysis) is 1. The number of nitrogens with zero attached hydrogens (tertiary/aromatic N) is 3. The zero-order valence-electron chi connectivity index (χ0n) is 17.3. The Labute approximate surface area is 171 Å². The molecule has 2 amide bonds. The summed E-state index contributed by atoms with van der Waals surface area (Å²) in [7, 11) is 0. The highest BCUT2D eigenvalue weighted by Crippen LogP contribution is 2.28. The van der Waals surface area contributed by atoms with Gasteiger partial charge in [-0.1, -0.05) is 51.1 Å². The van der Waals surface area contributed by atoms with Gasteiger partial charge < -0.3 is 15.0 Å². The average Bonchev–Trinajstić information content (AvgIpc) is 3.19. The van der Waals surface area contributed by atoms with Crippen molar-refractivity contribution in [1.29, 1.82) is 0 Å². The Hall–Kier alpha value is -2.90. The first-order valence-corrected chi connectivity index (χ1v) is 9.98. The minimum absolute atomic E-state index is 0.185. The SMILES string of the molecule is CC(C)(C)C(=O)N1CCC(c2n[nH]c(CNC(=O)OCc3ccccc3)n2)CC1. The van der Waals surface area contributed by atoms with Gasteiger partial charge in [0, 0.05) is 24.4 Å². The predicted octanol–water partition coefficient (Wildman–Crippen LogP) is 2.98. The number of carbonyl (C=O) groups excluding carboxylic acids is 2. The van der Waals surface area contributed by atoms with E-state index in [9.17, 15) is 9.59 Å². The number of benzene rings is 1. The summed E-state index contributed by atoms with van der Waals surface area (Å²) in [5.41, 5.74) is 0.576. The Bertz CT molecular complexity index is 820. The van der Waals surface area contributed by atoms with Gasteiger partial charge in [0.25, 0.3) is 0 Å². The number of piperidine rings is 1. The Kier molecular flexibility index (Phi) is 6.51. The van der Waals surface area contributed by atoms with E-state index in [1.54, 1.807) is 0 Å². The van der Waals surface area contributed by atoms with E-state index in [1.165, 1.54) is 0 Å². The summed E-state index contributed by atoms with van der Waals surface area (Å²) < 4.78 is 5.18. The van der Waals surface area contributed by atoms with Gasteiger partial charge in [-0.25, -0.2) is 9.78 Å². The highest BCUT2D eigenvalue weighted by atomic mass is 16.5. The standard InChI is InChI=1S/C21H29N5O3/c1-21(2,3)19(27)26-11-9-16(10-12-26)18-23-17(24-25-18)13-22-20(28)29-14-15-7-5-4-6-8-15/h4-8,16H,9-14H2,1-3H3,(H,22,28)(H,23,24,25). The lowest BCUT2D eigenvalue weighted by Crippen LogP contribution is -2.43. The highest BCUT2D eigenvalue weighted by Gasteiger charge is 2.31. The number of H-pyrrole nitrogens is 1. The second-order valence-electron chi connectivity index (χ2n) is 8.37. The molecular weight excluding hydrogens is 370 g/mol. The number of amides is 2. The lowest BCUT2D eigenvalue weighted by molar-refractivity contribution is -0.140. The van der Waals surface area contributed by atoms with Gasteiger partial charge in [0.1, 0.15) is 12.4 Å². The Morgan fingerprint density at radius 1 is 1.21 bits per heavy atom. The number of hydrogen-bond acceptors (Lipinski definition) is 5. The van der Waals surface area contributed by atoms with Gasteiger partial charge in [-0.15, -0.1) is 0 Å². The van der Waals surface area contributed by atoms with Crippen molar-refractivity contribution < 1.29 is 14.3 Å². The number of ether oxygens (including phenoxy) is 1. The van der Waals surface area contributed by atoms with Crippen LogP contribution in [0.15, 0.2) is 30.3 Å². The van der Waals surface area contributed by atoms with E-state index in [2.05, 4.69) is 20.5 Å². The molecule has 1 aliphatic rings. The van der Waals surface area contributed by atoms with Crippen LogP contribution in [0.5, 0.6) is 0 Å². The van der Waals surface area contributed by atoms with Gasteiger partial charge in [-0.05, 0) is 18.4 Å². The third kappa shape index (κ3) is 5.79. The summed E-state index contributed by atoms with van der Waals surface area (Å²) in [5.74, 6) is 1.73. The van der Waals surface area contributed by atoms with Crippen LogP contribution in [0.1, 0.15) is 56.7 Å². The molecule has 2 aromatic rings. The Morgan fingerprint density at radius 3 is 2.55 bits per heavy atom. The van der Waals surface area contributed by atoms with Gasteiger partial charge in [0.05, 0.1) is 6.54 Å². The van der Waals surface area contributed by atoms with Crippen molar-refractivity contribution in [3.8, 4) is 0 Å². The summed E-state index contributed by atoms with van der Waals surface area (Å²) in [6.45, 7) is 7.72. The quantitative estimate of drug-likeness (QED) is 0.805. The van der Waals surface area contributed by atoms with Crippen molar-refractivity contribution in [2.24, 2.45) is 5.41 Å². The van der Waals surface area contributed by atoms with Crippen molar-refractivity contribution in [3.63, 3.8) is 0 Å². The Morgan fingerprint density at radius 2 is 1.90 bits per heavy atom. The maximum absolute atomic E-state index is 12.4. The third-order valence-electron chi connectivity index (χ3n) is 4.95. The van der Waals surface area contributed by atoms with Gasteiger partial charge >= 0.3 is 6.09 Å². The second kappa shape index (κ2) is 9.07. The summed E-state index contributed by atoms with van der Waals surface area (Å²) in [5, 5.41) is 9.85. The van der Waals surface area contributed by atoms with Crippen molar-refractivity contribution in [1.82, 2.24) is 25.4 Å². The molecule has 0 radical (unpaired) electrons. The molecule has 0 atom stereocenters. The third-order valence-corrected chi connectivity index (χ3v) is 4.95. The number of aromatic amines is 1. The fourth-order valence-electron chi connectivity index (χ4n) is 3.32. The fraction of sp³-hybridized carbons (Fsp3) is 0.524. The number of carbonyl (C=O) groups is 2. The molecule has 1 aliphatic heterocycles. The van der Waals surface area contributed by atoms with E-state index in [-0.39, 0.29) is 30.4 Å². The van der Waals surface area contributed by atoms with Crippen LogP contribution in [-0.4, -0.2) is 45.2 Å². The van der Waals surface area contributed by atoms with Crippen molar-refractivity contribution in [2.75, 3.05) is 13.1 Å². The van der Waals surface area contributed by atoms with Crippen LogP contribution >= 0.6 is 0 Å². The zero-order chi connectivity index (χ0) is 20.9. The molecule has 0 saturated carbocycles. The van der Waals surface area contributed by atoms with Gasteiger partial charge in [0.15, 0.2) is 5.82 Å². The number of likely N-dealkylation sites (tertiary alicyclic amines) is 1. The first-order chi connectivity index (χ1) is 13.8. The van der Waals surface area contributed by atoms with Crippen LogP contribution in [0.4, 0.5) is 4.79 Å². The van der Waals surface area contributed by atoms with Crippen LogP contribution < -0.4 is 5.32 Å². The largest absolute Gasteiger partial charge is 0.445 e. The monoisotopic (exact) mass is 399 g/mol. The molecule has 0 unspecified atom stereocenters. The van der Waals surface area contributed by atoms with E-state index in [0.29, 0.717) is 18.9 Å². The van der Waals surface area contributed by atoms with Gasteiger partial charge in [-0.2, -0.15) is 5.10 Å². The summed E-state index contributed by atoms with van der Waals surface area (Å²) in [6.07, 6.45) is 1.18. The molecule has 29 heavy (non-hydrogen) atoms. The van der Waals surface area contributed by atoms with E-state index in [1.807, 2.05) is 56.0 Å². The van der Waals surface area contributed by atoms with Crippen LogP contribution in [0.3, 0.4) is 0 Å². The van der Waals surface area contributed by atoms with Crippen LogP contribution in [-0.2, 0) is 22.7 Å². The maximum atomic E-state index is 12.4. The minimum Gasteiger partial charge on any atom is -0.445 e. The normalized spacial score (nSPS) is 15.2. The molecule has 0 bridgehead atoms. The lowest BCUT2D eigenvalue weighted by Gasteiger charge is -2.34. The molecule has 8 heteroatoms. The molecule has 1 saturated heterocycles. The summed E-state index contributed by atoms with van der Waals surface area (Å²) in [6, 6.07) is 9.51. The minimum atomic E-state index is -0.499. The topological polar surface area (TPSA) is 100 Å². The highest BCUT2D eigenvalue weighted by molar-refractivity contribution is 5.81. The number of aromatic nitrogens is 3. The van der Waals surface area contributed by atoms with Gasteiger partial charge in [0.2, 0.25) is 5.91 Å². The Balaban J connectivity index is 1.43. The van der Waals surface area contributed by atoms with E-state index in [4.69, 9.17) is 4.74 Å². The molecule has 8 nitrogen and oxygen atoms in total. The van der Waals surface area contributed by atoms with Crippen LogP contribution in [0, 0.1) is 5.41 Å². The van der Waals surface area contributed by atoms with Gasteiger partial charge in [-0.3, -0.25) is 9.89 Å². The van der Waals surface area contributed by atoms with Crippen LogP contribution in [0.2, 0.25) is 0 Å². The molecule has 2 N–H and O–H groups in total. The average molecular weight is 399 g/mol. The van der Waals surface area contributed by atoms with Crippen molar-refractivity contribution in [2.45, 2.75) is 52.7 Å². The molecule has 0 aliphatic carbocycles. The first-order valence-electron chi connectivity index (χ1n) is 9.98. The van der Waals surface area contributed by atoms with Crippen molar-refractivity contribution in [3.05, 3.63) is 47.5 Å². The smallest absolute Gasteiger partial charge is 0.407 e. The van der Waals surface area contributed by atoms with Crippen molar-refractivity contribution >= 4 is 12.0 Å². The van der Waals surface area contributed by atoms with E-state index < -0.39 is 6.09 Å². The zero-order valence-corrected chi connectivity index (χ0v) is 17.3. The molecule has 1 aromatic heterocycles. The molecule has 156 valence electrons. The molecule has 2 heterocycles. The number of hydrogen-bond donors (Lipinski definition) is 2. The molecule has 1 aromatic carbocycles. The first kappa shape index (κ1) is 20.8. The van der Waals surface area contributed by atoms with Crippen LogP contribution in [0.25, 0.3) is 0 Å². The summed E-state index contributed by atoms with van der Waals surface area (Å²) >= 11 is 0. The molecule has 1 fully saturated rings. The maximum Gasteiger partial charge on any atom is 0.407 e. The summed E-state index contributed by atoms with van der Waals surface area (Å²) in [4.78, 5) is 30.7. The molecule has 0 spiro atoms. The van der Waals surface area contributed by atoms with E-state index >= 15 is 0 Å². The lowest BCUT2D eigenvalue weighted by atomic mass is 9.91. The molecular formula is C21H29N5O3. The predicted molar refractivity (Wildman–Crippen MR) is 108 cm³/mol.